The molecule has 0 aliphatic carbocycles. The van der Waals surface area contributed by atoms with Gasteiger partial charge in [-0.15, -0.1) is 6.58 Å². The van der Waals surface area contributed by atoms with Crippen molar-refractivity contribution < 1.29 is 14.7 Å². The van der Waals surface area contributed by atoms with Crippen LogP contribution in [-0.4, -0.2) is 102 Å². The molecule has 322 valence electrons. The van der Waals surface area contributed by atoms with E-state index in [1.807, 2.05) is 17.8 Å². The summed E-state index contributed by atoms with van der Waals surface area (Å²) in [5.74, 6) is 0.575. The number of rotatable bonds is 11. The third-order valence-electron chi connectivity index (χ3n) is 12.7. The summed E-state index contributed by atoms with van der Waals surface area (Å²) in [6.07, 6.45) is 6.29. The van der Waals surface area contributed by atoms with Crippen molar-refractivity contribution in [3.63, 3.8) is 0 Å². The molecule has 6 aromatic rings. The van der Waals surface area contributed by atoms with Crippen molar-refractivity contribution in [1.29, 1.82) is 0 Å². The molecule has 9 rings (SSSR count). The lowest BCUT2D eigenvalue weighted by molar-refractivity contribution is -0.134. The quantitative estimate of drug-likeness (QED) is 0.120. The summed E-state index contributed by atoms with van der Waals surface area (Å²) in [7, 11) is 1.92. The number of benzene rings is 2. The highest BCUT2D eigenvalue weighted by Crippen LogP contribution is 2.34. The number of imide groups is 1. The summed E-state index contributed by atoms with van der Waals surface area (Å²) in [6, 6.07) is 18.1. The number of nitrogens with zero attached hydrogens (tertiary/aromatic N) is 10. The van der Waals surface area contributed by atoms with Crippen molar-refractivity contribution in [2.45, 2.75) is 64.5 Å². The second-order valence-corrected chi connectivity index (χ2v) is 17.4. The van der Waals surface area contributed by atoms with Gasteiger partial charge in [0.2, 0.25) is 17.8 Å². The van der Waals surface area contributed by atoms with Gasteiger partial charge in [-0.25, -0.2) is 19.3 Å². The van der Waals surface area contributed by atoms with Gasteiger partial charge in [-0.2, -0.15) is 10.1 Å². The first-order valence-corrected chi connectivity index (χ1v) is 21.5. The first-order chi connectivity index (χ1) is 29.8. The lowest BCUT2D eigenvalue weighted by atomic mass is 9.92. The van der Waals surface area contributed by atoms with Gasteiger partial charge in [0.1, 0.15) is 11.0 Å². The van der Waals surface area contributed by atoms with Crippen molar-refractivity contribution >= 4 is 56.8 Å². The zero-order valence-corrected chi connectivity index (χ0v) is 35.8. The van der Waals surface area contributed by atoms with E-state index in [-0.39, 0.29) is 23.9 Å². The summed E-state index contributed by atoms with van der Waals surface area (Å²) < 4.78 is 5.04. The Kier molecular flexibility index (Phi) is 10.9. The number of fused-ring (bicyclic) bond motifs is 2. The summed E-state index contributed by atoms with van der Waals surface area (Å²) in [5, 5.41) is 22.5. The van der Waals surface area contributed by atoms with Crippen LogP contribution in [0.4, 0.5) is 23.0 Å². The van der Waals surface area contributed by atoms with E-state index in [1.54, 1.807) is 49.0 Å². The highest BCUT2D eigenvalue weighted by atomic mass is 16.3. The number of piperazine rings is 1. The topological polar surface area (TPSA) is 172 Å². The molecular formula is C46H54N12O4. The Hall–Kier alpha value is -6.39. The first kappa shape index (κ1) is 41.0. The predicted molar refractivity (Wildman–Crippen MR) is 240 cm³/mol. The lowest BCUT2D eigenvalue weighted by Crippen LogP contribution is -2.49. The molecule has 0 spiro atoms. The van der Waals surface area contributed by atoms with Crippen LogP contribution in [0.5, 0.6) is 0 Å². The van der Waals surface area contributed by atoms with Crippen LogP contribution in [0.1, 0.15) is 62.4 Å². The third-order valence-corrected chi connectivity index (χ3v) is 12.7. The molecule has 3 saturated heterocycles. The van der Waals surface area contributed by atoms with Crippen LogP contribution in [-0.2, 0) is 28.8 Å². The fourth-order valence-electron chi connectivity index (χ4n) is 9.30. The van der Waals surface area contributed by atoms with E-state index >= 15 is 0 Å². The van der Waals surface area contributed by atoms with Gasteiger partial charge in [-0.1, -0.05) is 12.1 Å². The number of anilines is 4. The average molecular weight is 839 g/mol. The van der Waals surface area contributed by atoms with E-state index in [9.17, 15) is 19.5 Å². The van der Waals surface area contributed by atoms with Crippen LogP contribution in [0.25, 0.3) is 27.8 Å². The second kappa shape index (κ2) is 16.5. The lowest BCUT2D eigenvalue weighted by Gasteiger charge is -2.40. The maximum atomic E-state index is 13.5. The molecule has 16 nitrogen and oxygen atoms in total. The average Bonchev–Trinajstić information content (AvgIpc) is 3.73. The largest absolute Gasteiger partial charge is 0.384 e. The molecule has 1 atom stereocenters. The normalized spacial score (nSPS) is 18.2. The highest BCUT2D eigenvalue weighted by Gasteiger charge is 2.32. The molecule has 7 heterocycles. The Morgan fingerprint density at radius 1 is 0.935 bits per heavy atom. The number of piperidine rings is 2. The molecule has 3 fully saturated rings. The fourth-order valence-corrected chi connectivity index (χ4v) is 9.30. The van der Waals surface area contributed by atoms with Crippen molar-refractivity contribution in [2.75, 3.05) is 60.9 Å². The minimum Gasteiger partial charge on any atom is -0.384 e. The SMILES string of the molecule is C=CCn1c(=O)c2cnc(Nc3ccc(N4CCN(CC5CCN(c6ccc7c(C8CCC(=O)NC8=O)nn(C)c7c6)CC5)CC4)c(C)c3)nc2n1-c1cccc(C(C)(C)O)n1. The van der Waals surface area contributed by atoms with Gasteiger partial charge in [0.05, 0.1) is 29.4 Å². The van der Waals surface area contributed by atoms with Crippen LogP contribution in [0.3, 0.4) is 0 Å². The summed E-state index contributed by atoms with van der Waals surface area (Å²) >= 11 is 0. The van der Waals surface area contributed by atoms with Gasteiger partial charge in [0.15, 0.2) is 11.5 Å². The zero-order chi connectivity index (χ0) is 43.3. The zero-order valence-electron chi connectivity index (χ0n) is 35.8. The van der Waals surface area contributed by atoms with E-state index in [1.165, 1.54) is 16.1 Å². The van der Waals surface area contributed by atoms with E-state index < -0.39 is 11.5 Å². The number of allylic oxidation sites excluding steroid dienone is 1. The Bertz CT molecular complexity index is 2750. The standard InChI is InChI=1S/C46H54N12O4/c1-6-18-57-44(61)35-27-47-45(51-42(35)58(57)39-9-7-8-38(49-39)46(3,4)62)48-31-10-14-36(29(2)25-31)56-23-21-54(22-24-56)28-30-16-19-55(20-17-30)32-11-12-33-37(26-32)53(5)52-41(33)34-13-15-40(59)50-43(34)60/h6-12,14,25-27,30,34,62H,1,13,15-24,28H2,2-5H3,(H,47,48,51)(H,50,59,60). The third kappa shape index (κ3) is 7.95. The Morgan fingerprint density at radius 3 is 2.45 bits per heavy atom. The number of pyridine rings is 1. The molecule has 0 radical (unpaired) electrons. The van der Waals surface area contributed by atoms with Crippen LogP contribution in [0.2, 0.25) is 0 Å². The predicted octanol–water partition coefficient (Wildman–Crippen LogP) is 4.89. The minimum absolute atomic E-state index is 0.214. The highest BCUT2D eigenvalue weighted by molar-refractivity contribution is 6.02. The first-order valence-electron chi connectivity index (χ1n) is 21.5. The molecule has 2 aromatic carbocycles. The van der Waals surface area contributed by atoms with E-state index in [2.05, 4.69) is 79.1 Å². The van der Waals surface area contributed by atoms with Crippen molar-refractivity contribution in [2.24, 2.45) is 13.0 Å². The molecule has 0 bridgehead atoms. The maximum Gasteiger partial charge on any atom is 0.278 e. The fraction of sp³-hybridized carbons (Fsp3) is 0.413. The summed E-state index contributed by atoms with van der Waals surface area (Å²) in [6.45, 7) is 16.6. The van der Waals surface area contributed by atoms with Crippen LogP contribution in [0, 0.1) is 12.8 Å². The Labute approximate surface area is 359 Å². The molecule has 0 saturated carbocycles. The van der Waals surface area contributed by atoms with Crippen molar-refractivity contribution in [3.05, 3.63) is 101 Å². The molecular weight excluding hydrogens is 785 g/mol. The van der Waals surface area contributed by atoms with E-state index in [4.69, 9.17) is 10.1 Å². The van der Waals surface area contributed by atoms with Crippen molar-refractivity contribution in [3.8, 4) is 5.82 Å². The van der Waals surface area contributed by atoms with Gasteiger partial charge in [-0.05, 0) is 100 Å². The monoisotopic (exact) mass is 838 g/mol. The molecule has 1 unspecified atom stereocenters. The van der Waals surface area contributed by atoms with Gasteiger partial charge >= 0.3 is 0 Å². The molecule has 62 heavy (non-hydrogen) atoms. The molecule has 3 N–H and O–H groups in total. The van der Waals surface area contributed by atoms with Gasteiger partial charge < -0.3 is 20.2 Å². The van der Waals surface area contributed by atoms with Crippen LogP contribution in [0.15, 0.2) is 78.2 Å². The van der Waals surface area contributed by atoms with E-state index in [0.717, 1.165) is 86.5 Å². The molecule has 16 heteroatoms. The smallest absolute Gasteiger partial charge is 0.278 e. The Morgan fingerprint density at radius 2 is 1.73 bits per heavy atom. The minimum atomic E-state index is -1.17. The number of carbonyl (C=O) groups is 2. The molecule has 3 aliphatic rings. The number of aliphatic hydroxyl groups is 1. The van der Waals surface area contributed by atoms with E-state index in [0.29, 0.717) is 47.3 Å². The second-order valence-electron chi connectivity index (χ2n) is 17.4. The van der Waals surface area contributed by atoms with Gasteiger partial charge in [0, 0.05) is 87.9 Å². The van der Waals surface area contributed by atoms with Gasteiger partial charge in [-0.3, -0.25) is 29.3 Å². The maximum absolute atomic E-state index is 13.5. The van der Waals surface area contributed by atoms with Crippen LogP contribution < -0.4 is 26.0 Å². The number of hydrogen-bond acceptors (Lipinski definition) is 12. The summed E-state index contributed by atoms with van der Waals surface area (Å²) in [5.41, 5.74) is 5.58. The molecule has 3 aliphatic heterocycles. The summed E-state index contributed by atoms with van der Waals surface area (Å²) in [4.78, 5) is 59.3. The van der Waals surface area contributed by atoms with Gasteiger partial charge in [0.25, 0.3) is 5.56 Å². The number of nitrogens with one attached hydrogen (secondary N) is 2. The number of aromatic nitrogens is 7. The number of hydrogen-bond donors (Lipinski definition) is 3. The number of aryl methyl sites for hydroxylation is 2. The Balaban J connectivity index is 0.805. The number of amides is 2. The molecule has 4 aromatic heterocycles. The van der Waals surface area contributed by atoms with Crippen LogP contribution >= 0.6 is 0 Å². The number of carbonyl (C=O) groups excluding carboxylic acids is 2. The van der Waals surface area contributed by atoms with Crippen molar-refractivity contribution in [1.82, 2.24) is 44.3 Å². The molecule has 2 amide bonds.